The molecule has 0 saturated carbocycles. The minimum atomic E-state index is 0. The standard InChI is InChI=1S/C18H24N6O3.HI/c1-19-18(20-8-12-3-5-14-15(7-12)27-11-26-14)21-13-4-6-17-22-16(10-25-2)23-24(17)9-13;/h3,5,7,13H,4,6,8-11H2,1-2H3,(H2,19,20,21);1H. The number of nitrogens with zero attached hydrogens (tertiary/aromatic N) is 4. The van der Waals surface area contributed by atoms with Crippen LogP contribution in [-0.4, -0.2) is 47.7 Å². The number of methoxy groups -OCH3 is 1. The van der Waals surface area contributed by atoms with E-state index in [4.69, 9.17) is 14.2 Å². The summed E-state index contributed by atoms with van der Waals surface area (Å²) in [6, 6.07) is 6.19. The molecule has 0 amide bonds. The average molecular weight is 500 g/mol. The van der Waals surface area contributed by atoms with Gasteiger partial charge in [0.25, 0.3) is 0 Å². The van der Waals surface area contributed by atoms with Crippen LogP contribution in [0.2, 0.25) is 0 Å². The second-order valence-electron chi connectivity index (χ2n) is 6.55. The predicted molar refractivity (Wildman–Crippen MR) is 114 cm³/mol. The minimum absolute atomic E-state index is 0. The summed E-state index contributed by atoms with van der Waals surface area (Å²) in [5, 5.41) is 11.3. The maximum Gasteiger partial charge on any atom is 0.231 e. The van der Waals surface area contributed by atoms with E-state index in [2.05, 4.69) is 25.7 Å². The first-order chi connectivity index (χ1) is 13.2. The maximum atomic E-state index is 5.43. The molecule has 28 heavy (non-hydrogen) atoms. The second kappa shape index (κ2) is 9.41. The van der Waals surface area contributed by atoms with Crippen LogP contribution in [0.15, 0.2) is 23.2 Å². The van der Waals surface area contributed by atoms with E-state index in [9.17, 15) is 0 Å². The van der Waals surface area contributed by atoms with Gasteiger partial charge in [0, 0.05) is 33.2 Å². The van der Waals surface area contributed by atoms with Gasteiger partial charge in [0.15, 0.2) is 23.3 Å². The lowest BCUT2D eigenvalue weighted by molar-refractivity contribution is 0.174. The summed E-state index contributed by atoms with van der Waals surface area (Å²) >= 11 is 0. The Morgan fingerprint density at radius 3 is 3.04 bits per heavy atom. The van der Waals surface area contributed by atoms with Crippen LogP contribution in [0.25, 0.3) is 0 Å². The third-order valence-corrected chi connectivity index (χ3v) is 4.64. The number of rotatable bonds is 5. The molecule has 0 saturated heterocycles. The lowest BCUT2D eigenvalue weighted by Crippen LogP contribution is -2.46. The monoisotopic (exact) mass is 500 g/mol. The van der Waals surface area contributed by atoms with E-state index in [1.165, 1.54) is 0 Å². The highest BCUT2D eigenvalue weighted by atomic mass is 127. The van der Waals surface area contributed by atoms with E-state index in [1.807, 2.05) is 22.9 Å². The highest BCUT2D eigenvalue weighted by molar-refractivity contribution is 14.0. The molecule has 1 atom stereocenters. The lowest BCUT2D eigenvalue weighted by atomic mass is 10.1. The van der Waals surface area contributed by atoms with Gasteiger partial charge in [-0.25, -0.2) is 9.67 Å². The molecule has 1 unspecified atom stereocenters. The van der Waals surface area contributed by atoms with Gasteiger partial charge in [0.05, 0.1) is 6.54 Å². The van der Waals surface area contributed by atoms with Crippen LogP contribution in [0, 0.1) is 0 Å². The Kier molecular flexibility index (Phi) is 6.94. The van der Waals surface area contributed by atoms with Gasteiger partial charge in [-0.15, -0.1) is 24.0 Å². The van der Waals surface area contributed by atoms with Crippen LogP contribution in [0.4, 0.5) is 0 Å². The quantitative estimate of drug-likeness (QED) is 0.365. The van der Waals surface area contributed by atoms with Gasteiger partial charge in [0.1, 0.15) is 12.4 Å². The smallest absolute Gasteiger partial charge is 0.231 e. The van der Waals surface area contributed by atoms with E-state index in [0.717, 1.165) is 54.1 Å². The molecule has 2 N–H and O–H groups in total. The average Bonchev–Trinajstić information content (AvgIpc) is 3.30. The van der Waals surface area contributed by atoms with Crippen LogP contribution >= 0.6 is 24.0 Å². The first-order valence-electron chi connectivity index (χ1n) is 9.02. The number of benzene rings is 1. The Morgan fingerprint density at radius 2 is 2.21 bits per heavy atom. The second-order valence-corrected chi connectivity index (χ2v) is 6.55. The Hall–Kier alpha value is -2.08. The normalized spacial score (nSPS) is 17.6. The van der Waals surface area contributed by atoms with Gasteiger partial charge in [-0.05, 0) is 24.1 Å². The number of guanidine groups is 1. The Morgan fingerprint density at radius 1 is 1.36 bits per heavy atom. The van der Waals surface area contributed by atoms with Crippen molar-refractivity contribution in [3.8, 4) is 11.5 Å². The lowest BCUT2D eigenvalue weighted by Gasteiger charge is -2.25. The molecule has 1 aromatic heterocycles. The van der Waals surface area contributed by atoms with Crippen LogP contribution in [0.1, 0.15) is 23.6 Å². The van der Waals surface area contributed by atoms with Crippen molar-refractivity contribution < 1.29 is 14.2 Å². The van der Waals surface area contributed by atoms with E-state index in [-0.39, 0.29) is 36.8 Å². The Labute approximate surface area is 180 Å². The third-order valence-electron chi connectivity index (χ3n) is 4.64. The number of nitrogens with one attached hydrogen (secondary N) is 2. The van der Waals surface area contributed by atoms with Crippen molar-refractivity contribution >= 4 is 29.9 Å². The molecular weight excluding hydrogens is 475 g/mol. The molecule has 2 aliphatic heterocycles. The molecule has 4 rings (SSSR count). The summed E-state index contributed by atoms with van der Waals surface area (Å²) in [5.74, 6) is 4.09. The number of halogens is 1. The molecule has 0 bridgehead atoms. The third kappa shape index (κ3) is 4.66. The largest absolute Gasteiger partial charge is 0.454 e. The summed E-state index contributed by atoms with van der Waals surface area (Å²) < 4.78 is 17.8. The van der Waals surface area contributed by atoms with Crippen molar-refractivity contribution in [3.63, 3.8) is 0 Å². The fourth-order valence-corrected chi connectivity index (χ4v) is 3.29. The summed E-state index contributed by atoms with van der Waals surface area (Å²) in [4.78, 5) is 8.84. The first kappa shape index (κ1) is 20.6. The van der Waals surface area contributed by atoms with Gasteiger partial charge in [-0.1, -0.05) is 6.07 Å². The number of aryl methyl sites for hydroxylation is 1. The molecule has 1 aromatic carbocycles. The Bertz CT molecular complexity index is 841. The molecule has 10 heteroatoms. The minimum Gasteiger partial charge on any atom is -0.454 e. The van der Waals surface area contributed by atoms with Crippen LogP contribution in [0.5, 0.6) is 11.5 Å². The van der Waals surface area contributed by atoms with E-state index in [0.29, 0.717) is 13.2 Å². The predicted octanol–water partition coefficient (Wildman–Crippen LogP) is 1.45. The molecular formula is C18H25IN6O3. The zero-order valence-corrected chi connectivity index (χ0v) is 18.3. The van der Waals surface area contributed by atoms with Gasteiger partial charge in [0.2, 0.25) is 6.79 Å². The van der Waals surface area contributed by atoms with Crippen LogP contribution < -0.4 is 20.1 Å². The van der Waals surface area contributed by atoms with Crippen molar-refractivity contribution in [2.75, 3.05) is 21.0 Å². The van der Waals surface area contributed by atoms with E-state index < -0.39 is 0 Å². The molecule has 3 heterocycles. The molecule has 0 radical (unpaired) electrons. The van der Waals surface area contributed by atoms with Crippen molar-refractivity contribution in [1.29, 1.82) is 0 Å². The van der Waals surface area contributed by atoms with Crippen molar-refractivity contribution in [2.45, 2.75) is 38.6 Å². The van der Waals surface area contributed by atoms with Gasteiger partial charge < -0.3 is 24.8 Å². The number of fused-ring (bicyclic) bond motifs is 2. The highest BCUT2D eigenvalue weighted by Gasteiger charge is 2.22. The Balaban J connectivity index is 0.00000225. The number of aliphatic imine (C=N–C) groups is 1. The van der Waals surface area contributed by atoms with Gasteiger partial charge >= 0.3 is 0 Å². The first-order valence-corrected chi connectivity index (χ1v) is 9.02. The summed E-state index contributed by atoms with van der Waals surface area (Å²) in [6.45, 7) is 2.14. The summed E-state index contributed by atoms with van der Waals surface area (Å²) in [7, 11) is 3.43. The van der Waals surface area contributed by atoms with Crippen molar-refractivity contribution in [1.82, 2.24) is 25.4 Å². The molecule has 0 aliphatic carbocycles. The highest BCUT2D eigenvalue weighted by Crippen LogP contribution is 2.32. The van der Waals surface area contributed by atoms with Crippen molar-refractivity contribution in [2.24, 2.45) is 4.99 Å². The maximum absolute atomic E-state index is 5.43. The van der Waals surface area contributed by atoms with Gasteiger partial charge in [-0.3, -0.25) is 4.99 Å². The van der Waals surface area contributed by atoms with E-state index >= 15 is 0 Å². The molecule has 9 nitrogen and oxygen atoms in total. The molecule has 2 aliphatic rings. The number of hydrogen-bond donors (Lipinski definition) is 2. The topological polar surface area (TPSA) is 94.8 Å². The van der Waals surface area contributed by atoms with E-state index in [1.54, 1.807) is 14.2 Å². The summed E-state index contributed by atoms with van der Waals surface area (Å²) in [5.41, 5.74) is 1.11. The fourth-order valence-electron chi connectivity index (χ4n) is 3.29. The SMILES string of the molecule is CN=C(NCc1ccc2c(c1)OCO2)NC1CCc2nc(COC)nn2C1.I. The molecule has 152 valence electrons. The zero-order chi connectivity index (χ0) is 18.6. The van der Waals surface area contributed by atoms with Crippen LogP contribution in [0.3, 0.4) is 0 Å². The number of hydrogen-bond acceptors (Lipinski definition) is 6. The van der Waals surface area contributed by atoms with Crippen LogP contribution in [-0.2, 0) is 30.9 Å². The molecule has 2 aromatic rings. The number of aromatic nitrogens is 3. The van der Waals surface area contributed by atoms with Crippen molar-refractivity contribution in [3.05, 3.63) is 35.4 Å². The summed E-state index contributed by atoms with van der Waals surface area (Å²) in [6.07, 6.45) is 1.86. The number of ether oxygens (including phenoxy) is 3. The molecule has 0 spiro atoms. The fraction of sp³-hybridized carbons (Fsp3) is 0.500. The zero-order valence-electron chi connectivity index (χ0n) is 16.0. The molecule has 0 fully saturated rings. The van der Waals surface area contributed by atoms with Gasteiger partial charge in [-0.2, -0.15) is 5.10 Å².